The number of anilines is 3. The number of nitrogens with zero attached hydrogens (tertiary/aromatic N) is 6. The quantitative estimate of drug-likeness (QED) is 0.506. The molecule has 6 rings (SSSR count). The van der Waals surface area contributed by atoms with E-state index in [1.54, 1.807) is 6.20 Å². The summed E-state index contributed by atoms with van der Waals surface area (Å²) in [6.45, 7) is 7.16. The van der Waals surface area contributed by atoms with Crippen molar-refractivity contribution in [1.82, 2.24) is 19.9 Å². The van der Waals surface area contributed by atoms with Crippen LogP contribution in [0.3, 0.4) is 0 Å². The van der Waals surface area contributed by atoms with Crippen LogP contribution in [-0.2, 0) is 9.47 Å². The molecule has 10 nitrogen and oxygen atoms in total. The highest BCUT2D eigenvalue weighted by Gasteiger charge is 2.29. The molecule has 1 aromatic carbocycles. The molecule has 0 radical (unpaired) electrons. The number of aromatic nitrogens is 3. The van der Waals surface area contributed by atoms with Crippen LogP contribution in [0.2, 0.25) is 0 Å². The van der Waals surface area contributed by atoms with E-state index >= 15 is 0 Å². The number of rotatable bonds is 7. The van der Waals surface area contributed by atoms with E-state index in [1.807, 2.05) is 36.5 Å². The van der Waals surface area contributed by atoms with E-state index in [-0.39, 0.29) is 6.10 Å². The molecular formula is C28H31N7O3. The van der Waals surface area contributed by atoms with E-state index in [0.717, 1.165) is 63.5 Å². The van der Waals surface area contributed by atoms with E-state index < -0.39 is 0 Å². The summed E-state index contributed by atoms with van der Waals surface area (Å²) in [7, 11) is 0. The van der Waals surface area contributed by atoms with Gasteiger partial charge in [0.15, 0.2) is 0 Å². The van der Waals surface area contributed by atoms with Crippen molar-refractivity contribution in [2.45, 2.75) is 25.0 Å². The summed E-state index contributed by atoms with van der Waals surface area (Å²) in [5.41, 5.74) is 3.13. The number of benzene rings is 1. The largest absolute Gasteiger partial charge is 0.489 e. The lowest BCUT2D eigenvalue weighted by Gasteiger charge is -2.43. The molecule has 10 heteroatoms. The Hall–Kier alpha value is -3.78. The molecule has 0 saturated carbocycles. The van der Waals surface area contributed by atoms with Crippen LogP contribution in [0.15, 0.2) is 48.8 Å². The Morgan fingerprint density at radius 1 is 0.974 bits per heavy atom. The van der Waals surface area contributed by atoms with Gasteiger partial charge in [-0.1, -0.05) is 0 Å². The molecule has 38 heavy (non-hydrogen) atoms. The number of ether oxygens (including phenoxy) is 3. The van der Waals surface area contributed by atoms with Crippen LogP contribution in [0.5, 0.6) is 5.75 Å². The fraction of sp³-hybridized carbons (Fsp3) is 0.429. The molecule has 0 unspecified atom stereocenters. The summed E-state index contributed by atoms with van der Waals surface area (Å²) in [5, 5.41) is 12.9. The maximum Gasteiger partial charge on any atom is 0.228 e. The molecular weight excluding hydrogens is 482 g/mol. The van der Waals surface area contributed by atoms with Crippen LogP contribution < -0.4 is 15.0 Å². The predicted molar refractivity (Wildman–Crippen MR) is 143 cm³/mol. The van der Waals surface area contributed by atoms with Gasteiger partial charge in [0.1, 0.15) is 23.7 Å². The molecule has 3 saturated heterocycles. The van der Waals surface area contributed by atoms with Crippen molar-refractivity contribution in [2.75, 3.05) is 62.8 Å². The number of nitrogens with one attached hydrogen (secondary N) is 1. The highest BCUT2D eigenvalue weighted by atomic mass is 16.5. The van der Waals surface area contributed by atoms with Crippen LogP contribution >= 0.6 is 0 Å². The lowest BCUT2D eigenvalue weighted by atomic mass is 10.1. The zero-order chi connectivity index (χ0) is 25.7. The highest BCUT2D eigenvalue weighted by molar-refractivity contribution is 5.65. The number of hydrogen-bond acceptors (Lipinski definition) is 10. The molecule has 5 heterocycles. The van der Waals surface area contributed by atoms with Gasteiger partial charge in [-0.3, -0.25) is 4.90 Å². The molecule has 0 amide bonds. The Bertz CT molecular complexity index is 1280. The molecule has 0 atom stereocenters. The molecule has 2 aromatic heterocycles. The van der Waals surface area contributed by atoms with Crippen LogP contribution in [-0.4, -0.2) is 84.6 Å². The van der Waals surface area contributed by atoms with Gasteiger partial charge in [0.2, 0.25) is 5.95 Å². The third kappa shape index (κ3) is 5.55. The Labute approximate surface area is 222 Å². The summed E-state index contributed by atoms with van der Waals surface area (Å²) in [6.07, 6.45) is 5.32. The summed E-state index contributed by atoms with van der Waals surface area (Å²) in [5.74, 6) is 1.72. The molecule has 3 aliphatic rings. The highest BCUT2D eigenvalue weighted by Crippen LogP contribution is 2.28. The standard InChI is InChI=1S/C28H31N7O3/c29-16-21-15-20(1-3-26(21)38-24-6-13-36-14-7-24)25-5-8-30-28(32-25)33-27-4-2-22(17-31-27)34-9-11-35(12-10-34)23-18-37-19-23/h1-5,8,15,17,23-24H,6-7,9-14,18-19H2,(H,30,31,32,33). The fourth-order valence-electron chi connectivity index (χ4n) is 4.97. The van der Waals surface area contributed by atoms with E-state index in [0.29, 0.717) is 48.0 Å². The SMILES string of the molecule is N#Cc1cc(-c2ccnc(Nc3ccc(N4CCN(C5COC5)CC4)cn3)n2)ccc1OC1CCOCC1. The monoisotopic (exact) mass is 513 g/mol. The van der Waals surface area contributed by atoms with Gasteiger partial charge in [0.25, 0.3) is 0 Å². The van der Waals surface area contributed by atoms with E-state index in [1.165, 1.54) is 0 Å². The minimum Gasteiger partial charge on any atom is -0.489 e. The number of hydrogen-bond donors (Lipinski definition) is 1. The Kier molecular flexibility index (Phi) is 7.31. The van der Waals surface area contributed by atoms with E-state index in [4.69, 9.17) is 14.2 Å². The van der Waals surface area contributed by atoms with Crippen LogP contribution in [0.1, 0.15) is 18.4 Å². The fourth-order valence-corrected chi connectivity index (χ4v) is 4.97. The van der Waals surface area contributed by atoms with Gasteiger partial charge >= 0.3 is 0 Å². The van der Waals surface area contributed by atoms with Gasteiger partial charge in [-0.2, -0.15) is 5.26 Å². The number of nitriles is 1. The first-order valence-corrected chi connectivity index (χ1v) is 13.2. The Morgan fingerprint density at radius 3 is 2.53 bits per heavy atom. The molecule has 3 fully saturated rings. The second-order valence-electron chi connectivity index (χ2n) is 9.76. The Balaban J connectivity index is 1.10. The average Bonchev–Trinajstić information content (AvgIpc) is 2.94. The molecule has 3 aromatic rings. The van der Waals surface area contributed by atoms with Crippen molar-refractivity contribution in [1.29, 1.82) is 5.26 Å². The second kappa shape index (κ2) is 11.3. The van der Waals surface area contributed by atoms with Crippen LogP contribution in [0, 0.1) is 11.3 Å². The van der Waals surface area contributed by atoms with E-state index in [2.05, 4.69) is 42.2 Å². The number of pyridine rings is 1. The van der Waals surface area contributed by atoms with Crippen molar-refractivity contribution < 1.29 is 14.2 Å². The maximum absolute atomic E-state index is 9.72. The first kappa shape index (κ1) is 24.6. The zero-order valence-corrected chi connectivity index (χ0v) is 21.3. The van der Waals surface area contributed by atoms with Crippen molar-refractivity contribution in [2.24, 2.45) is 0 Å². The summed E-state index contributed by atoms with van der Waals surface area (Å²) < 4.78 is 16.8. The first-order chi connectivity index (χ1) is 18.7. The van der Waals surface area contributed by atoms with Crippen molar-refractivity contribution >= 4 is 17.5 Å². The van der Waals surface area contributed by atoms with Crippen molar-refractivity contribution in [3.63, 3.8) is 0 Å². The summed E-state index contributed by atoms with van der Waals surface area (Å²) in [6, 6.07) is 14.3. The van der Waals surface area contributed by atoms with Gasteiger partial charge in [-0.25, -0.2) is 15.0 Å². The first-order valence-electron chi connectivity index (χ1n) is 13.2. The topological polar surface area (TPSA) is 109 Å². The van der Waals surface area contributed by atoms with Gasteiger partial charge in [-0.15, -0.1) is 0 Å². The van der Waals surface area contributed by atoms with Gasteiger partial charge in [0, 0.05) is 50.8 Å². The molecule has 196 valence electrons. The lowest BCUT2D eigenvalue weighted by Crippen LogP contribution is -2.56. The molecule has 1 N–H and O–H groups in total. The number of piperazine rings is 1. The minimum atomic E-state index is 0.0717. The molecule has 0 spiro atoms. The van der Waals surface area contributed by atoms with Crippen LogP contribution in [0.4, 0.5) is 17.5 Å². The predicted octanol–water partition coefficient (Wildman–Crippen LogP) is 3.23. The molecule has 0 aliphatic carbocycles. The van der Waals surface area contributed by atoms with E-state index in [9.17, 15) is 5.26 Å². The van der Waals surface area contributed by atoms with Crippen molar-refractivity contribution in [3.05, 3.63) is 54.4 Å². The summed E-state index contributed by atoms with van der Waals surface area (Å²) >= 11 is 0. The zero-order valence-electron chi connectivity index (χ0n) is 21.3. The van der Waals surface area contributed by atoms with Gasteiger partial charge in [0.05, 0.1) is 55.6 Å². The van der Waals surface area contributed by atoms with Crippen LogP contribution in [0.25, 0.3) is 11.3 Å². The third-order valence-corrected chi connectivity index (χ3v) is 7.32. The maximum atomic E-state index is 9.72. The van der Waals surface area contributed by atoms with Gasteiger partial charge < -0.3 is 24.4 Å². The smallest absolute Gasteiger partial charge is 0.228 e. The minimum absolute atomic E-state index is 0.0717. The second-order valence-corrected chi connectivity index (χ2v) is 9.76. The summed E-state index contributed by atoms with van der Waals surface area (Å²) in [4.78, 5) is 18.5. The Morgan fingerprint density at radius 2 is 1.82 bits per heavy atom. The molecule has 0 bridgehead atoms. The average molecular weight is 514 g/mol. The van der Waals surface area contributed by atoms with Crippen molar-refractivity contribution in [3.8, 4) is 23.1 Å². The van der Waals surface area contributed by atoms with Gasteiger partial charge in [-0.05, 0) is 36.4 Å². The molecule has 3 aliphatic heterocycles. The lowest BCUT2D eigenvalue weighted by molar-refractivity contribution is -0.0660. The third-order valence-electron chi connectivity index (χ3n) is 7.32. The normalized spacial score (nSPS) is 19.0.